The van der Waals surface area contributed by atoms with E-state index >= 15 is 0 Å². The zero-order valence-electron chi connectivity index (χ0n) is 14.1. The number of rotatable bonds is 6. The first kappa shape index (κ1) is 16.5. The standard InChI is InChI=1S/C19H20N2O2S/c1-5-16-13(4)24-19-20-18(17(10-22)21(16)19)14-6-8-15(9-7-14)23-11-12(2)3/h6-10H,2,5,11H2,1,3-4H3. The second-order valence-electron chi connectivity index (χ2n) is 5.81. The highest BCUT2D eigenvalue weighted by atomic mass is 32.1. The van der Waals surface area contributed by atoms with Crippen molar-refractivity contribution in [2.75, 3.05) is 6.61 Å². The minimum absolute atomic E-state index is 0.498. The summed E-state index contributed by atoms with van der Waals surface area (Å²) >= 11 is 1.62. The van der Waals surface area contributed by atoms with E-state index in [0.717, 1.165) is 45.9 Å². The zero-order valence-corrected chi connectivity index (χ0v) is 14.9. The number of thiazole rings is 1. The van der Waals surface area contributed by atoms with Gasteiger partial charge in [0.25, 0.3) is 0 Å². The van der Waals surface area contributed by atoms with Gasteiger partial charge in [-0.1, -0.05) is 13.5 Å². The highest BCUT2D eigenvalue weighted by Crippen LogP contribution is 2.31. The lowest BCUT2D eigenvalue weighted by molar-refractivity contribution is 0.111. The number of hydrogen-bond acceptors (Lipinski definition) is 4. The number of hydrogen-bond donors (Lipinski definition) is 0. The van der Waals surface area contributed by atoms with E-state index in [-0.39, 0.29) is 0 Å². The number of fused-ring (bicyclic) bond motifs is 1. The number of aryl methyl sites for hydroxylation is 2. The van der Waals surface area contributed by atoms with Crippen LogP contribution in [0.15, 0.2) is 36.4 Å². The van der Waals surface area contributed by atoms with E-state index in [1.165, 1.54) is 4.88 Å². The summed E-state index contributed by atoms with van der Waals surface area (Å²) in [7, 11) is 0. The lowest BCUT2D eigenvalue weighted by Gasteiger charge is -2.06. The lowest BCUT2D eigenvalue weighted by Crippen LogP contribution is -1.98. The van der Waals surface area contributed by atoms with Crippen LogP contribution in [-0.4, -0.2) is 22.3 Å². The summed E-state index contributed by atoms with van der Waals surface area (Å²) in [5.41, 5.74) is 4.37. The molecular weight excluding hydrogens is 320 g/mol. The third-order valence-corrected chi connectivity index (χ3v) is 4.86. The molecule has 0 N–H and O–H groups in total. The van der Waals surface area contributed by atoms with Crippen LogP contribution >= 0.6 is 11.3 Å². The van der Waals surface area contributed by atoms with Crippen molar-refractivity contribution >= 4 is 22.6 Å². The first-order valence-corrected chi connectivity index (χ1v) is 8.70. The summed E-state index contributed by atoms with van der Waals surface area (Å²) in [6.07, 6.45) is 1.77. The summed E-state index contributed by atoms with van der Waals surface area (Å²) in [6, 6.07) is 7.66. The van der Waals surface area contributed by atoms with Gasteiger partial charge >= 0.3 is 0 Å². The van der Waals surface area contributed by atoms with Crippen molar-refractivity contribution < 1.29 is 9.53 Å². The summed E-state index contributed by atoms with van der Waals surface area (Å²) in [5, 5.41) is 0. The Morgan fingerprint density at radius 2 is 2.08 bits per heavy atom. The average molecular weight is 340 g/mol. The van der Waals surface area contributed by atoms with Gasteiger partial charge in [-0.3, -0.25) is 9.20 Å². The van der Waals surface area contributed by atoms with Gasteiger partial charge in [0, 0.05) is 16.1 Å². The van der Waals surface area contributed by atoms with Crippen molar-refractivity contribution in [3.63, 3.8) is 0 Å². The molecule has 0 radical (unpaired) electrons. The molecule has 0 saturated heterocycles. The van der Waals surface area contributed by atoms with Gasteiger partial charge in [-0.15, -0.1) is 11.3 Å². The Labute approximate surface area is 145 Å². The monoisotopic (exact) mass is 340 g/mol. The van der Waals surface area contributed by atoms with E-state index in [9.17, 15) is 4.79 Å². The van der Waals surface area contributed by atoms with Gasteiger partial charge in [-0.05, 0) is 50.1 Å². The van der Waals surface area contributed by atoms with Crippen molar-refractivity contribution in [3.05, 3.63) is 52.7 Å². The molecule has 0 bridgehead atoms. The molecule has 0 fully saturated rings. The molecule has 2 aromatic heterocycles. The van der Waals surface area contributed by atoms with Crippen molar-refractivity contribution in [2.24, 2.45) is 0 Å². The van der Waals surface area contributed by atoms with E-state index in [4.69, 9.17) is 4.74 Å². The zero-order chi connectivity index (χ0) is 17.3. The van der Waals surface area contributed by atoms with Crippen molar-refractivity contribution in [1.29, 1.82) is 0 Å². The number of carbonyl (C=O) groups is 1. The van der Waals surface area contributed by atoms with Crippen molar-refractivity contribution in [2.45, 2.75) is 27.2 Å². The predicted octanol–water partition coefficient (Wildman–Crippen LogP) is 4.70. The summed E-state index contributed by atoms with van der Waals surface area (Å²) < 4.78 is 7.60. The van der Waals surface area contributed by atoms with Gasteiger partial charge in [0.2, 0.25) is 0 Å². The van der Waals surface area contributed by atoms with Crippen LogP contribution in [0.1, 0.15) is 34.9 Å². The molecule has 4 nitrogen and oxygen atoms in total. The topological polar surface area (TPSA) is 43.6 Å². The molecular formula is C19H20N2O2S. The molecule has 0 saturated carbocycles. The molecule has 0 atom stereocenters. The highest BCUT2D eigenvalue weighted by molar-refractivity contribution is 7.17. The minimum Gasteiger partial charge on any atom is -0.489 e. The van der Waals surface area contributed by atoms with Crippen LogP contribution in [0.3, 0.4) is 0 Å². The average Bonchev–Trinajstić information content (AvgIpc) is 3.07. The predicted molar refractivity (Wildman–Crippen MR) is 98.3 cm³/mol. The summed E-state index contributed by atoms with van der Waals surface area (Å²) in [6.45, 7) is 10.4. The minimum atomic E-state index is 0.498. The van der Waals surface area contributed by atoms with Crippen molar-refractivity contribution in [3.8, 4) is 17.0 Å². The van der Waals surface area contributed by atoms with E-state index in [1.807, 2.05) is 35.6 Å². The van der Waals surface area contributed by atoms with Crippen LogP contribution in [0.2, 0.25) is 0 Å². The maximum atomic E-state index is 11.7. The van der Waals surface area contributed by atoms with E-state index in [0.29, 0.717) is 12.3 Å². The van der Waals surface area contributed by atoms with Crippen molar-refractivity contribution in [1.82, 2.24) is 9.38 Å². The Morgan fingerprint density at radius 1 is 1.38 bits per heavy atom. The van der Waals surface area contributed by atoms with E-state index < -0.39 is 0 Å². The molecule has 124 valence electrons. The Bertz CT molecular complexity index is 904. The second-order valence-corrected chi connectivity index (χ2v) is 6.99. The highest BCUT2D eigenvalue weighted by Gasteiger charge is 2.19. The number of ether oxygens (including phenoxy) is 1. The molecule has 0 aliphatic heterocycles. The Morgan fingerprint density at radius 3 is 2.67 bits per heavy atom. The maximum absolute atomic E-state index is 11.7. The number of aldehydes is 1. The third-order valence-electron chi connectivity index (χ3n) is 3.86. The van der Waals surface area contributed by atoms with Crippen LogP contribution in [0.5, 0.6) is 5.75 Å². The molecule has 5 heteroatoms. The van der Waals surface area contributed by atoms with Gasteiger partial charge < -0.3 is 4.74 Å². The SMILES string of the molecule is C=C(C)COc1ccc(-c2nc3sc(C)c(CC)n3c2C=O)cc1. The lowest BCUT2D eigenvalue weighted by atomic mass is 10.1. The van der Waals surface area contributed by atoms with E-state index in [2.05, 4.69) is 25.4 Å². The molecule has 0 aliphatic carbocycles. The first-order valence-electron chi connectivity index (χ1n) is 7.88. The Hall–Kier alpha value is -2.40. The first-order chi connectivity index (χ1) is 11.5. The second kappa shape index (κ2) is 6.61. The molecule has 1 aromatic carbocycles. The fourth-order valence-electron chi connectivity index (χ4n) is 2.74. The number of nitrogens with zero attached hydrogens (tertiary/aromatic N) is 2. The van der Waals surface area contributed by atoms with Gasteiger partial charge in [0.1, 0.15) is 23.7 Å². The van der Waals surface area contributed by atoms with Crippen LogP contribution in [0.25, 0.3) is 16.2 Å². The number of benzene rings is 1. The molecule has 3 rings (SSSR count). The smallest absolute Gasteiger partial charge is 0.195 e. The number of imidazole rings is 1. The van der Waals surface area contributed by atoms with Gasteiger partial charge in [0.15, 0.2) is 11.2 Å². The van der Waals surface area contributed by atoms with Crippen LogP contribution in [-0.2, 0) is 6.42 Å². The molecule has 0 unspecified atom stereocenters. The largest absolute Gasteiger partial charge is 0.489 e. The Kier molecular flexibility index (Phi) is 4.53. The van der Waals surface area contributed by atoms with E-state index in [1.54, 1.807) is 11.3 Å². The van der Waals surface area contributed by atoms with Gasteiger partial charge in [0.05, 0.1) is 0 Å². The van der Waals surface area contributed by atoms with Gasteiger partial charge in [-0.25, -0.2) is 4.98 Å². The molecule has 0 spiro atoms. The molecule has 0 amide bonds. The molecule has 0 aliphatic rings. The normalized spacial score (nSPS) is 11.0. The van der Waals surface area contributed by atoms with Gasteiger partial charge in [-0.2, -0.15) is 0 Å². The quantitative estimate of drug-likeness (QED) is 0.482. The Balaban J connectivity index is 2.01. The number of aromatic nitrogens is 2. The fourth-order valence-corrected chi connectivity index (χ4v) is 3.80. The summed E-state index contributed by atoms with van der Waals surface area (Å²) in [4.78, 5) is 18.5. The molecule has 2 heterocycles. The number of carbonyl (C=O) groups excluding carboxylic acids is 1. The fraction of sp³-hybridized carbons (Fsp3) is 0.263. The summed E-state index contributed by atoms with van der Waals surface area (Å²) in [5.74, 6) is 0.778. The molecule has 3 aromatic rings. The maximum Gasteiger partial charge on any atom is 0.195 e. The van der Waals surface area contributed by atoms with Crippen LogP contribution < -0.4 is 4.74 Å². The third kappa shape index (κ3) is 2.87. The van der Waals surface area contributed by atoms with Crippen LogP contribution in [0.4, 0.5) is 0 Å². The molecule has 24 heavy (non-hydrogen) atoms. The van der Waals surface area contributed by atoms with Crippen LogP contribution in [0, 0.1) is 6.92 Å².